The molecule has 26 heavy (non-hydrogen) atoms. The Balaban J connectivity index is 1.40. The molecule has 4 heterocycles. The van der Waals surface area contributed by atoms with E-state index in [1.807, 2.05) is 25.1 Å². The lowest BCUT2D eigenvalue weighted by Gasteiger charge is -2.36. The van der Waals surface area contributed by atoms with Crippen molar-refractivity contribution in [2.45, 2.75) is 26.4 Å². The van der Waals surface area contributed by atoms with Crippen molar-refractivity contribution in [3.05, 3.63) is 58.2 Å². The Morgan fingerprint density at radius 2 is 2.00 bits per heavy atom. The molecule has 1 saturated heterocycles. The van der Waals surface area contributed by atoms with Crippen LogP contribution in [0.4, 0.5) is 0 Å². The lowest BCUT2D eigenvalue weighted by atomic mass is 10.2. The van der Waals surface area contributed by atoms with Crippen LogP contribution in [0, 0.1) is 6.92 Å². The summed E-state index contributed by atoms with van der Waals surface area (Å²) in [7, 11) is 0. The summed E-state index contributed by atoms with van der Waals surface area (Å²) in [6, 6.07) is 7.33. The molecular weight excluding hydrogens is 332 g/mol. The van der Waals surface area contributed by atoms with Gasteiger partial charge >= 0.3 is 0 Å². The number of aryl methyl sites for hydroxylation is 1. The number of hydrogen-bond donors (Lipinski definition) is 0. The summed E-state index contributed by atoms with van der Waals surface area (Å²) in [5.41, 5.74) is 1.47. The highest BCUT2D eigenvalue weighted by Crippen LogP contribution is 2.20. The van der Waals surface area contributed by atoms with Crippen molar-refractivity contribution in [3.63, 3.8) is 0 Å². The summed E-state index contributed by atoms with van der Waals surface area (Å²) in [6.45, 7) is 8.25. The highest BCUT2D eigenvalue weighted by atomic mass is 16.5. The molecule has 3 aromatic heterocycles. The number of rotatable bonds is 4. The zero-order chi connectivity index (χ0) is 18.1. The second-order valence-corrected chi connectivity index (χ2v) is 6.68. The SMILES string of the molecule is Cc1noc(C(C)N2CCN(Cc3cc(=O)n4ccccc4n3)CC2)n1. The van der Waals surface area contributed by atoms with Gasteiger partial charge in [0.2, 0.25) is 5.89 Å². The van der Waals surface area contributed by atoms with Crippen LogP contribution in [-0.2, 0) is 6.54 Å². The highest BCUT2D eigenvalue weighted by molar-refractivity contribution is 5.37. The minimum Gasteiger partial charge on any atom is -0.338 e. The fourth-order valence-corrected chi connectivity index (χ4v) is 3.36. The number of hydrogen-bond acceptors (Lipinski definition) is 7. The average Bonchev–Trinajstić information content (AvgIpc) is 3.08. The van der Waals surface area contributed by atoms with Gasteiger partial charge in [-0.2, -0.15) is 4.98 Å². The van der Waals surface area contributed by atoms with Crippen molar-refractivity contribution in [1.82, 2.24) is 29.3 Å². The standard InChI is InChI=1S/C18H22N6O2/c1-13(18-19-14(2)21-26-18)23-9-7-22(8-10-23)12-15-11-17(25)24-6-4-3-5-16(24)20-15/h3-6,11,13H,7-10,12H2,1-2H3. The number of fused-ring (bicyclic) bond motifs is 1. The third kappa shape index (κ3) is 3.38. The summed E-state index contributed by atoms with van der Waals surface area (Å²) in [6.07, 6.45) is 1.74. The second kappa shape index (κ2) is 6.97. The number of nitrogens with zero attached hydrogens (tertiary/aromatic N) is 6. The molecule has 1 unspecified atom stereocenters. The Hall–Kier alpha value is -2.58. The van der Waals surface area contributed by atoms with E-state index in [1.54, 1.807) is 16.7 Å². The fraction of sp³-hybridized carbons (Fsp3) is 0.444. The second-order valence-electron chi connectivity index (χ2n) is 6.68. The minimum absolute atomic E-state index is 0.0374. The quantitative estimate of drug-likeness (QED) is 0.698. The van der Waals surface area contributed by atoms with Gasteiger partial charge in [0.1, 0.15) is 5.65 Å². The van der Waals surface area contributed by atoms with Crippen molar-refractivity contribution < 1.29 is 4.52 Å². The van der Waals surface area contributed by atoms with E-state index in [0.29, 0.717) is 23.9 Å². The maximum atomic E-state index is 12.2. The maximum absolute atomic E-state index is 12.2. The van der Waals surface area contributed by atoms with Crippen LogP contribution in [0.15, 0.2) is 39.8 Å². The number of aromatic nitrogens is 4. The van der Waals surface area contributed by atoms with E-state index >= 15 is 0 Å². The monoisotopic (exact) mass is 354 g/mol. The molecule has 0 bridgehead atoms. The van der Waals surface area contributed by atoms with Crippen molar-refractivity contribution in [2.75, 3.05) is 26.2 Å². The first-order valence-electron chi connectivity index (χ1n) is 8.84. The summed E-state index contributed by atoms with van der Waals surface area (Å²) >= 11 is 0. The van der Waals surface area contributed by atoms with E-state index in [4.69, 9.17) is 4.52 Å². The Morgan fingerprint density at radius 1 is 1.19 bits per heavy atom. The van der Waals surface area contributed by atoms with Crippen molar-refractivity contribution in [3.8, 4) is 0 Å². The normalized spacial score (nSPS) is 17.6. The topological polar surface area (TPSA) is 79.8 Å². The predicted molar refractivity (Wildman–Crippen MR) is 95.8 cm³/mol. The molecule has 0 saturated carbocycles. The van der Waals surface area contributed by atoms with Crippen LogP contribution in [0.1, 0.15) is 30.4 Å². The first kappa shape index (κ1) is 16.9. The summed E-state index contributed by atoms with van der Waals surface area (Å²) in [5, 5.41) is 3.87. The molecule has 1 atom stereocenters. The van der Waals surface area contributed by atoms with E-state index < -0.39 is 0 Å². The van der Waals surface area contributed by atoms with Gasteiger partial charge in [-0.05, 0) is 26.0 Å². The maximum Gasteiger partial charge on any atom is 0.258 e. The van der Waals surface area contributed by atoms with Gasteiger partial charge in [0.05, 0.1) is 11.7 Å². The lowest BCUT2D eigenvalue weighted by molar-refractivity contribution is 0.0839. The zero-order valence-corrected chi connectivity index (χ0v) is 15.0. The number of piperazine rings is 1. The van der Waals surface area contributed by atoms with E-state index in [-0.39, 0.29) is 11.6 Å². The largest absolute Gasteiger partial charge is 0.338 e. The van der Waals surface area contributed by atoms with Gasteiger partial charge in [0.25, 0.3) is 5.56 Å². The first-order valence-corrected chi connectivity index (χ1v) is 8.84. The van der Waals surface area contributed by atoms with Gasteiger partial charge in [-0.1, -0.05) is 11.2 Å². The van der Waals surface area contributed by atoms with Gasteiger partial charge in [-0.3, -0.25) is 19.0 Å². The van der Waals surface area contributed by atoms with E-state index in [1.165, 1.54) is 0 Å². The Bertz CT molecular complexity index is 957. The fourth-order valence-electron chi connectivity index (χ4n) is 3.36. The first-order chi connectivity index (χ1) is 12.6. The molecular formula is C18H22N6O2. The zero-order valence-electron chi connectivity index (χ0n) is 15.0. The van der Waals surface area contributed by atoms with E-state index in [0.717, 1.165) is 31.9 Å². The van der Waals surface area contributed by atoms with Crippen LogP contribution in [0.25, 0.3) is 5.65 Å². The molecule has 4 rings (SSSR count). The van der Waals surface area contributed by atoms with Crippen molar-refractivity contribution in [2.24, 2.45) is 0 Å². The van der Waals surface area contributed by atoms with Crippen LogP contribution in [0.5, 0.6) is 0 Å². The third-order valence-electron chi connectivity index (χ3n) is 4.86. The molecule has 0 aliphatic carbocycles. The van der Waals surface area contributed by atoms with Gasteiger partial charge in [-0.15, -0.1) is 0 Å². The molecule has 8 heteroatoms. The molecule has 0 amide bonds. The molecule has 0 spiro atoms. The molecule has 1 aliphatic rings. The smallest absolute Gasteiger partial charge is 0.258 e. The van der Waals surface area contributed by atoms with Gasteiger partial charge < -0.3 is 4.52 Å². The molecule has 136 valence electrons. The van der Waals surface area contributed by atoms with E-state index in [2.05, 4.69) is 31.8 Å². The van der Waals surface area contributed by atoms with Crippen molar-refractivity contribution >= 4 is 5.65 Å². The summed E-state index contributed by atoms with van der Waals surface area (Å²) in [4.78, 5) is 25.8. The van der Waals surface area contributed by atoms with Crippen molar-refractivity contribution in [1.29, 1.82) is 0 Å². The average molecular weight is 354 g/mol. The molecule has 1 aliphatic heterocycles. The molecule has 1 fully saturated rings. The molecule has 3 aromatic rings. The Kier molecular flexibility index (Phi) is 4.52. The van der Waals surface area contributed by atoms with Gasteiger partial charge in [0, 0.05) is 45.0 Å². The van der Waals surface area contributed by atoms with Crippen LogP contribution in [0.2, 0.25) is 0 Å². The minimum atomic E-state index is -0.0374. The van der Waals surface area contributed by atoms with Crippen LogP contribution < -0.4 is 5.56 Å². The molecule has 0 N–H and O–H groups in total. The predicted octanol–water partition coefficient (Wildman–Crippen LogP) is 1.26. The van der Waals surface area contributed by atoms with Crippen LogP contribution in [0.3, 0.4) is 0 Å². The van der Waals surface area contributed by atoms with E-state index in [9.17, 15) is 4.79 Å². The van der Waals surface area contributed by atoms with Gasteiger partial charge in [-0.25, -0.2) is 4.98 Å². The van der Waals surface area contributed by atoms with Crippen LogP contribution >= 0.6 is 0 Å². The molecule has 0 aromatic carbocycles. The third-order valence-corrected chi connectivity index (χ3v) is 4.86. The molecule has 0 radical (unpaired) electrons. The summed E-state index contributed by atoms with van der Waals surface area (Å²) in [5.74, 6) is 1.33. The van der Waals surface area contributed by atoms with Crippen LogP contribution in [-0.4, -0.2) is 55.5 Å². The highest BCUT2D eigenvalue weighted by Gasteiger charge is 2.25. The van der Waals surface area contributed by atoms with Gasteiger partial charge in [0.15, 0.2) is 5.82 Å². The number of pyridine rings is 1. The molecule has 8 nitrogen and oxygen atoms in total. The lowest BCUT2D eigenvalue weighted by Crippen LogP contribution is -2.46. The Morgan fingerprint density at radius 3 is 2.73 bits per heavy atom. The summed E-state index contributed by atoms with van der Waals surface area (Å²) < 4.78 is 6.86. The Labute approximate surface area is 151 Å².